The summed E-state index contributed by atoms with van der Waals surface area (Å²) in [5, 5.41) is 0. The second kappa shape index (κ2) is 4.50. The van der Waals surface area contributed by atoms with Crippen molar-refractivity contribution in [1.82, 2.24) is 4.98 Å². The van der Waals surface area contributed by atoms with Crippen molar-refractivity contribution >= 4 is 5.69 Å². The average Bonchev–Trinajstić information content (AvgIpc) is 2.75. The van der Waals surface area contributed by atoms with E-state index in [4.69, 9.17) is 0 Å². The van der Waals surface area contributed by atoms with Crippen LogP contribution in [0.3, 0.4) is 0 Å². The first kappa shape index (κ1) is 12.1. The van der Waals surface area contributed by atoms with Crippen LogP contribution in [0.4, 0.5) is 23.2 Å². The third-order valence-electron chi connectivity index (χ3n) is 3.11. The van der Waals surface area contributed by atoms with Gasteiger partial charge in [0.1, 0.15) is 5.69 Å². The molecule has 1 aromatic heterocycles. The molecule has 1 unspecified atom stereocenters. The third kappa shape index (κ3) is 1.96. The monoisotopic (exact) mass is 248 g/mol. The SMILES string of the molecule is CCC1CCCN1c1c(F)c(F)nc(F)c1F. The van der Waals surface area contributed by atoms with Crippen LogP contribution in [0.5, 0.6) is 0 Å². The van der Waals surface area contributed by atoms with Crippen LogP contribution in [0, 0.1) is 23.5 Å². The van der Waals surface area contributed by atoms with Crippen LogP contribution in [0.2, 0.25) is 0 Å². The zero-order chi connectivity index (χ0) is 12.6. The number of pyridine rings is 1. The second-order valence-electron chi connectivity index (χ2n) is 4.07. The summed E-state index contributed by atoms with van der Waals surface area (Å²) in [6.45, 7) is 2.27. The Kier molecular flexibility index (Phi) is 3.22. The van der Waals surface area contributed by atoms with E-state index in [0.29, 0.717) is 13.0 Å². The molecule has 0 bridgehead atoms. The predicted octanol–water partition coefficient (Wildman–Crippen LogP) is 3.02. The van der Waals surface area contributed by atoms with Gasteiger partial charge in [-0.15, -0.1) is 0 Å². The van der Waals surface area contributed by atoms with Gasteiger partial charge in [0.05, 0.1) is 0 Å². The first-order valence-corrected chi connectivity index (χ1v) is 5.52. The van der Waals surface area contributed by atoms with Gasteiger partial charge in [-0.2, -0.15) is 22.5 Å². The Labute approximate surface area is 96.3 Å². The van der Waals surface area contributed by atoms with Crippen molar-refractivity contribution in [3.63, 3.8) is 0 Å². The molecule has 0 aliphatic carbocycles. The molecular formula is C11H12F4N2. The molecule has 1 aromatic rings. The molecule has 1 fully saturated rings. The Balaban J connectivity index is 2.50. The summed E-state index contributed by atoms with van der Waals surface area (Å²) in [4.78, 5) is 3.93. The van der Waals surface area contributed by atoms with Crippen molar-refractivity contribution in [3.05, 3.63) is 23.5 Å². The lowest BCUT2D eigenvalue weighted by Gasteiger charge is -2.26. The number of aromatic nitrogens is 1. The molecule has 6 heteroatoms. The zero-order valence-corrected chi connectivity index (χ0v) is 9.31. The summed E-state index contributed by atoms with van der Waals surface area (Å²) in [5.41, 5.74) is -0.626. The molecule has 0 N–H and O–H groups in total. The second-order valence-corrected chi connectivity index (χ2v) is 4.07. The van der Waals surface area contributed by atoms with E-state index in [-0.39, 0.29) is 6.04 Å². The van der Waals surface area contributed by atoms with Crippen LogP contribution in [0.1, 0.15) is 26.2 Å². The summed E-state index contributed by atoms with van der Waals surface area (Å²) in [5.74, 6) is -6.02. The molecule has 1 aliphatic rings. The lowest BCUT2D eigenvalue weighted by atomic mass is 10.1. The average molecular weight is 248 g/mol. The van der Waals surface area contributed by atoms with Gasteiger partial charge in [-0.3, -0.25) is 0 Å². The van der Waals surface area contributed by atoms with Crippen molar-refractivity contribution in [2.45, 2.75) is 32.2 Å². The van der Waals surface area contributed by atoms with Crippen LogP contribution >= 0.6 is 0 Å². The van der Waals surface area contributed by atoms with Crippen molar-refractivity contribution in [1.29, 1.82) is 0 Å². The van der Waals surface area contributed by atoms with E-state index >= 15 is 0 Å². The minimum atomic E-state index is -1.60. The fraction of sp³-hybridized carbons (Fsp3) is 0.545. The summed E-state index contributed by atoms with van der Waals surface area (Å²) >= 11 is 0. The van der Waals surface area contributed by atoms with E-state index in [1.165, 1.54) is 4.90 Å². The highest BCUT2D eigenvalue weighted by Crippen LogP contribution is 2.32. The summed E-state index contributed by atoms with van der Waals surface area (Å²) in [6.07, 6.45) is 2.19. The van der Waals surface area contributed by atoms with Gasteiger partial charge in [0, 0.05) is 12.6 Å². The van der Waals surface area contributed by atoms with E-state index in [2.05, 4.69) is 4.98 Å². The Morgan fingerprint density at radius 3 is 2.29 bits per heavy atom. The lowest BCUT2D eigenvalue weighted by Crippen LogP contribution is -2.31. The molecule has 0 spiro atoms. The van der Waals surface area contributed by atoms with Crippen LogP contribution in [-0.4, -0.2) is 17.6 Å². The van der Waals surface area contributed by atoms with Gasteiger partial charge in [0.15, 0.2) is 0 Å². The molecule has 2 nitrogen and oxygen atoms in total. The highest BCUT2D eigenvalue weighted by Gasteiger charge is 2.31. The fourth-order valence-corrected chi connectivity index (χ4v) is 2.28. The topological polar surface area (TPSA) is 16.1 Å². The van der Waals surface area contributed by atoms with Crippen molar-refractivity contribution < 1.29 is 17.6 Å². The quantitative estimate of drug-likeness (QED) is 0.590. The van der Waals surface area contributed by atoms with Gasteiger partial charge in [-0.25, -0.2) is 0 Å². The standard InChI is InChI=1S/C11H12F4N2/c1-2-6-4-3-5-17(6)9-7(12)10(14)16-11(15)8(9)13/h6H,2-5H2,1H3. The van der Waals surface area contributed by atoms with Crippen molar-refractivity contribution in [2.24, 2.45) is 0 Å². The molecule has 2 rings (SSSR count). The van der Waals surface area contributed by atoms with E-state index < -0.39 is 29.2 Å². The van der Waals surface area contributed by atoms with Crippen LogP contribution in [0.15, 0.2) is 0 Å². The summed E-state index contributed by atoms with van der Waals surface area (Å²) < 4.78 is 53.0. The minimum Gasteiger partial charge on any atom is -0.364 e. The van der Waals surface area contributed by atoms with Gasteiger partial charge < -0.3 is 4.90 Å². The maximum Gasteiger partial charge on any atom is 0.253 e. The number of hydrogen-bond acceptors (Lipinski definition) is 2. The number of rotatable bonds is 2. The number of halogens is 4. The Morgan fingerprint density at radius 1 is 1.18 bits per heavy atom. The number of anilines is 1. The first-order chi connectivity index (χ1) is 8.06. The minimum absolute atomic E-state index is 0.0831. The lowest BCUT2D eigenvalue weighted by molar-refractivity contribution is 0.404. The number of hydrogen-bond donors (Lipinski definition) is 0. The Hall–Kier alpha value is -1.33. The Morgan fingerprint density at radius 2 is 1.76 bits per heavy atom. The van der Waals surface area contributed by atoms with Crippen LogP contribution in [0.25, 0.3) is 0 Å². The first-order valence-electron chi connectivity index (χ1n) is 5.52. The molecule has 2 heterocycles. The van der Waals surface area contributed by atoms with Gasteiger partial charge in [0.2, 0.25) is 11.6 Å². The van der Waals surface area contributed by atoms with E-state index in [1.54, 1.807) is 0 Å². The van der Waals surface area contributed by atoms with Gasteiger partial charge in [-0.1, -0.05) is 6.92 Å². The molecule has 0 saturated carbocycles. The fourth-order valence-electron chi connectivity index (χ4n) is 2.28. The normalized spacial score (nSPS) is 20.1. The maximum absolute atomic E-state index is 13.5. The van der Waals surface area contributed by atoms with Crippen molar-refractivity contribution in [2.75, 3.05) is 11.4 Å². The maximum atomic E-state index is 13.5. The van der Waals surface area contributed by atoms with Gasteiger partial charge in [-0.05, 0) is 19.3 Å². The molecule has 1 saturated heterocycles. The van der Waals surface area contributed by atoms with Gasteiger partial charge in [0.25, 0.3) is 11.9 Å². The van der Waals surface area contributed by atoms with Gasteiger partial charge >= 0.3 is 0 Å². The third-order valence-corrected chi connectivity index (χ3v) is 3.11. The molecule has 0 radical (unpaired) electrons. The van der Waals surface area contributed by atoms with E-state index in [0.717, 1.165) is 12.8 Å². The predicted molar refractivity (Wildman–Crippen MR) is 54.7 cm³/mol. The summed E-state index contributed by atoms with van der Waals surface area (Å²) in [6, 6.07) is -0.0831. The molecule has 94 valence electrons. The van der Waals surface area contributed by atoms with Crippen molar-refractivity contribution in [3.8, 4) is 0 Å². The molecule has 1 aliphatic heterocycles. The smallest absolute Gasteiger partial charge is 0.253 e. The highest BCUT2D eigenvalue weighted by atomic mass is 19.2. The van der Waals surface area contributed by atoms with Crippen LogP contribution < -0.4 is 4.90 Å². The molecular weight excluding hydrogens is 236 g/mol. The largest absolute Gasteiger partial charge is 0.364 e. The van der Waals surface area contributed by atoms with E-state index in [9.17, 15) is 17.6 Å². The molecule has 1 atom stereocenters. The molecule has 0 aromatic carbocycles. The highest BCUT2D eigenvalue weighted by molar-refractivity contribution is 5.50. The Bertz CT molecular complexity index is 410. The molecule has 17 heavy (non-hydrogen) atoms. The van der Waals surface area contributed by atoms with Crippen LogP contribution in [-0.2, 0) is 0 Å². The zero-order valence-electron chi connectivity index (χ0n) is 9.31. The number of nitrogens with zero attached hydrogens (tertiary/aromatic N) is 2. The van der Waals surface area contributed by atoms with E-state index in [1.807, 2.05) is 6.92 Å². The molecule has 0 amide bonds. The summed E-state index contributed by atoms with van der Waals surface area (Å²) in [7, 11) is 0.